The van der Waals surface area contributed by atoms with E-state index in [1.807, 2.05) is 0 Å². The molecule has 90 valence electrons. The molecule has 0 radical (unpaired) electrons. The Kier molecular flexibility index (Phi) is 5.47. The van der Waals surface area contributed by atoms with Gasteiger partial charge in [-0.25, -0.2) is 0 Å². The molecule has 0 aromatic rings. The molecule has 0 aromatic heterocycles. The summed E-state index contributed by atoms with van der Waals surface area (Å²) in [6.07, 6.45) is 2.29. The molecule has 1 rings (SSSR count). The molecule has 1 saturated heterocycles. The Morgan fingerprint density at radius 3 is 2.94 bits per heavy atom. The van der Waals surface area contributed by atoms with E-state index in [9.17, 15) is 4.79 Å². The average Bonchev–Trinajstić information content (AvgIpc) is 2.75. The lowest BCUT2D eigenvalue weighted by atomic mass is 9.79. The molecule has 0 aliphatic carbocycles. The molecule has 6 nitrogen and oxygen atoms in total. The van der Waals surface area contributed by atoms with E-state index in [0.717, 1.165) is 19.5 Å². The molecular weight excluding hydrogens is 209 g/mol. The van der Waals surface area contributed by atoms with Crippen LogP contribution in [0.4, 0.5) is 0 Å². The van der Waals surface area contributed by atoms with Crippen molar-refractivity contribution in [3.05, 3.63) is 12.7 Å². The van der Waals surface area contributed by atoms with Crippen LogP contribution in [-0.2, 0) is 4.79 Å². The van der Waals surface area contributed by atoms with Gasteiger partial charge in [-0.1, -0.05) is 6.08 Å². The van der Waals surface area contributed by atoms with Crippen LogP contribution in [0.2, 0.25) is 0 Å². The fourth-order valence-electron chi connectivity index (χ4n) is 1.56. The standard InChI is InChI=1S/C9H18BN3O3/c1-2-8(10(15)16)13-9(14)6-12-7-3-4-11-5-7/h2,7-8,11-12,15-16H,1,3-6H2,(H,13,14). The first kappa shape index (κ1) is 13.2. The van der Waals surface area contributed by atoms with E-state index in [2.05, 4.69) is 22.5 Å². The van der Waals surface area contributed by atoms with Crippen LogP contribution in [0.1, 0.15) is 6.42 Å². The maximum absolute atomic E-state index is 11.4. The summed E-state index contributed by atoms with van der Waals surface area (Å²) in [6.45, 7) is 5.40. The van der Waals surface area contributed by atoms with E-state index >= 15 is 0 Å². The Morgan fingerprint density at radius 2 is 2.44 bits per heavy atom. The number of nitrogens with one attached hydrogen (secondary N) is 3. The fourth-order valence-corrected chi connectivity index (χ4v) is 1.56. The van der Waals surface area contributed by atoms with Gasteiger partial charge in [-0.3, -0.25) is 4.79 Å². The third kappa shape index (κ3) is 4.32. The maximum atomic E-state index is 11.4. The number of amides is 1. The minimum atomic E-state index is -1.62. The zero-order valence-corrected chi connectivity index (χ0v) is 9.15. The van der Waals surface area contributed by atoms with Gasteiger partial charge in [0.1, 0.15) is 0 Å². The largest absolute Gasteiger partial charge is 0.479 e. The quantitative estimate of drug-likeness (QED) is 0.258. The summed E-state index contributed by atoms with van der Waals surface area (Å²) in [6, 6.07) is 0.312. The third-order valence-corrected chi connectivity index (χ3v) is 2.51. The number of rotatable bonds is 6. The highest BCUT2D eigenvalue weighted by molar-refractivity contribution is 6.44. The highest BCUT2D eigenvalue weighted by Crippen LogP contribution is 1.95. The summed E-state index contributed by atoms with van der Waals surface area (Å²) in [5, 5.41) is 26.5. The molecule has 2 unspecified atom stereocenters. The first-order valence-corrected chi connectivity index (χ1v) is 5.35. The fraction of sp³-hybridized carbons (Fsp3) is 0.667. The van der Waals surface area contributed by atoms with Gasteiger partial charge in [-0.2, -0.15) is 0 Å². The predicted octanol–water partition coefficient (Wildman–Crippen LogP) is -2.38. The van der Waals surface area contributed by atoms with Gasteiger partial charge >= 0.3 is 7.12 Å². The van der Waals surface area contributed by atoms with Gasteiger partial charge in [0.15, 0.2) is 0 Å². The zero-order valence-electron chi connectivity index (χ0n) is 9.15. The van der Waals surface area contributed by atoms with Crippen LogP contribution in [0.15, 0.2) is 12.7 Å². The molecule has 5 N–H and O–H groups in total. The van der Waals surface area contributed by atoms with Crippen molar-refractivity contribution >= 4 is 13.0 Å². The minimum Gasteiger partial charge on any atom is -0.426 e. The summed E-state index contributed by atoms with van der Waals surface area (Å²) >= 11 is 0. The second-order valence-electron chi connectivity index (χ2n) is 3.81. The Labute approximate surface area is 95.3 Å². The minimum absolute atomic E-state index is 0.170. The highest BCUT2D eigenvalue weighted by atomic mass is 16.4. The molecular formula is C9H18BN3O3. The van der Waals surface area contributed by atoms with Crippen molar-refractivity contribution in [1.82, 2.24) is 16.0 Å². The van der Waals surface area contributed by atoms with E-state index in [1.54, 1.807) is 0 Å². The summed E-state index contributed by atoms with van der Waals surface area (Å²) in [4.78, 5) is 11.4. The normalized spacial score (nSPS) is 21.5. The SMILES string of the molecule is C=CC(NC(=O)CNC1CCNC1)B(O)O. The van der Waals surface area contributed by atoms with Crippen molar-refractivity contribution in [3.63, 3.8) is 0 Å². The Balaban J connectivity index is 2.21. The molecule has 0 bridgehead atoms. The maximum Gasteiger partial charge on any atom is 0.479 e. The zero-order chi connectivity index (χ0) is 12.0. The smallest absolute Gasteiger partial charge is 0.426 e. The van der Waals surface area contributed by atoms with Crippen LogP contribution in [0.3, 0.4) is 0 Å². The first-order chi connectivity index (χ1) is 7.63. The average molecular weight is 227 g/mol. The lowest BCUT2D eigenvalue weighted by molar-refractivity contribution is -0.120. The summed E-state index contributed by atoms with van der Waals surface area (Å²) in [7, 11) is -1.62. The predicted molar refractivity (Wildman–Crippen MR) is 61.6 cm³/mol. The number of hydrogen-bond donors (Lipinski definition) is 5. The number of carbonyl (C=O) groups is 1. The Bertz CT molecular complexity index is 244. The lowest BCUT2D eigenvalue weighted by Gasteiger charge is -2.15. The van der Waals surface area contributed by atoms with Gasteiger partial charge in [0.25, 0.3) is 0 Å². The van der Waals surface area contributed by atoms with E-state index in [4.69, 9.17) is 10.0 Å². The van der Waals surface area contributed by atoms with Gasteiger partial charge in [-0.05, 0) is 13.0 Å². The third-order valence-electron chi connectivity index (χ3n) is 2.51. The highest BCUT2D eigenvalue weighted by Gasteiger charge is 2.22. The van der Waals surface area contributed by atoms with E-state index in [1.165, 1.54) is 6.08 Å². The van der Waals surface area contributed by atoms with Crippen molar-refractivity contribution < 1.29 is 14.8 Å². The number of carbonyl (C=O) groups excluding carboxylic acids is 1. The molecule has 1 aliphatic rings. The van der Waals surface area contributed by atoms with Crippen LogP contribution in [0, 0.1) is 0 Å². The Hall–Kier alpha value is -0.885. The second kappa shape index (κ2) is 6.64. The molecule has 0 spiro atoms. The van der Waals surface area contributed by atoms with Crippen LogP contribution in [0.5, 0.6) is 0 Å². The van der Waals surface area contributed by atoms with Gasteiger partial charge in [0.2, 0.25) is 5.91 Å². The van der Waals surface area contributed by atoms with E-state index < -0.39 is 13.1 Å². The molecule has 0 aromatic carbocycles. The van der Waals surface area contributed by atoms with Crippen LogP contribution < -0.4 is 16.0 Å². The lowest BCUT2D eigenvalue weighted by Crippen LogP contribution is -2.49. The van der Waals surface area contributed by atoms with E-state index in [0.29, 0.717) is 6.04 Å². The van der Waals surface area contributed by atoms with Crippen molar-refractivity contribution in [1.29, 1.82) is 0 Å². The second-order valence-corrected chi connectivity index (χ2v) is 3.81. The summed E-state index contributed by atoms with van der Waals surface area (Å²) < 4.78 is 0. The molecule has 2 atom stereocenters. The summed E-state index contributed by atoms with van der Waals surface area (Å²) in [5.74, 6) is -1.10. The van der Waals surface area contributed by atoms with Crippen LogP contribution >= 0.6 is 0 Å². The molecule has 1 fully saturated rings. The molecule has 1 amide bonds. The summed E-state index contributed by atoms with van der Waals surface area (Å²) in [5.41, 5.74) is 0. The van der Waals surface area contributed by atoms with Crippen LogP contribution in [0.25, 0.3) is 0 Å². The molecule has 16 heavy (non-hydrogen) atoms. The van der Waals surface area contributed by atoms with Crippen molar-refractivity contribution in [2.75, 3.05) is 19.6 Å². The van der Waals surface area contributed by atoms with Gasteiger partial charge in [0, 0.05) is 12.6 Å². The molecule has 1 heterocycles. The topological polar surface area (TPSA) is 93.6 Å². The first-order valence-electron chi connectivity index (χ1n) is 5.35. The molecule has 7 heteroatoms. The van der Waals surface area contributed by atoms with Crippen molar-refractivity contribution in [2.45, 2.75) is 18.4 Å². The van der Waals surface area contributed by atoms with Gasteiger partial charge < -0.3 is 26.0 Å². The van der Waals surface area contributed by atoms with Crippen molar-refractivity contribution in [3.8, 4) is 0 Å². The molecule has 0 saturated carbocycles. The molecule has 1 aliphatic heterocycles. The van der Waals surface area contributed by atoms with Gasteiger partial charge in [-0.15, -0.1) is 6.58 Å². The van der Waals surface area contributed by atoms with Crippen LogP contribution in [-0.4, -0.2) is 54.7 Å². The van der Waals surface area contributed by atoms with Crippen molar-refractivity contribution in [2.24, 2.45) is 0 Å². The Morgan fingerprint density at radius 1 is 1.69 bits per heavy atom. The van der Waals surface area contributed by atoms with Gasteiger partial charge in [0.05, 0.1) is 12.5 Å². The number of hydrogen-bond acceptors (Lipinski definition) is 5. The monoisotopic (exact) mass is 227 g/mol. The van der Waals surface area contributed by atoms with E-state index in [-0.39, 0.29) is 12.5 Å².